The molecule has 0 bridgehead atoms. The summed E-state index contributed by atoms with van der Waals surface area (Å²) in [6.07, 6.45) is 0. The van der Waals surface area contributed by atoms with Crippen LogP contribution in [0.5, 0.6) is 0 Å². The van der Waals surface area contributed by atoms with Crippen molar-refractivity contribution in [2.75, 3.05) is 10.7 Å². The Bertz CT molecular complexity index is 1280. The molecular formula is C26H25N5OS. The number of nitrogens with one attached hydrogen (secondary N) is 2. The summed E-state index contributed by atoms with van der Waals surface area (Å²) >= 11 is 1.43. The van der Waals surface area contributed by atoms with E-state index < -0.39 is 5.25 Å². The van der Waals surface area contributed by atoms with Gasteiger partial charge in [0.2, 0.25) is 11.1 Å². The van der Waals surface area contributed by atoms with Crippen LogP contribution in [0, 0.1) is 20.8 Å². The molecule has 6 nitrogen and oxygen atoms in total. The number of rotatable bonds is 4. The molecule has 1 aromatic heterocycles. The van der Waals surface area contributed by atoms with Gasteiger partial charge in [0.15, 0.2) is 5.82 Å². The Hall–Kier alpha value is -3.58. The van der Waals surface area contributed by atoms with E-state index in [9.17, 15) is 4.79 Å². The highest BCUT2D eigenvalue weighted by molar-refractivity contribution is 8.00. The maximum atomic E-state index is 13.6. The number of hydrogen-bond acceptors (Lipinski definition) is 5. The third-order valence-corrected chi connectivity index (χ3v) is 7.03. The van der Waals surface area contributed by atoms with Crippen molar-refractivity contribution in [3.8, 4) is 11.4 Å². The Balaban J connectivity index is 1.52. The van der Waals surface area contributed by atoms with Gasteiger partial charge in [-0.25, -0.2) is 4.68 Å². The largest absolute Gasteiger partial charge is 0.325 e. The van der Waals surface area contributed by atoms with Crippen molar-refractivity contribution in [3.63, 3.8) is 0 Å². The fourth-order valence-electron chi connectivity index (χ4n) is 4.31. The lowest BCUT2D eigenvalue weighted by atomic mass is 10.0. The van der Waals surface area contributed by atoms with Gasteiger partial charge in [-0.1, -0.05) is 90.1 Å². The SMILES string of the molecule is Cc1cc(C)c(NC(=O)[C@H]2Sc3nnc(-c4ccccc4)n3N[C@H]2c2ccccc2)c(C)c1. The van der Waals surface area contributed by atoms with Crippen molar-refractivity contribution in [2.24, 2.45) is 0 Å². The molecule has 166 valence electrons. The predicted octanol–water partition coefficient (Wildman–Crippen LogP) is 5.27. The maximum Gasteiger partial charge on any atom is 0.240 e. The number of nitrogens with zero attached hydrogens (tertiary/aromatic N) is 3. The fraction of sp³-hybridized carbons (Fsp3) is 0.192. The molecule has 5 rings (SSSR count). The normalized spacial score (nSPS) is 17.2. The fourth-order valence-corrected chi connectivity index (χ4v) is 5.39. The van der Waals surface area contributed by atoms with Crippen LogP contribution in [0.15, 0.2) is 78.0 Å². The van der Waals surface area contributed by atoms with E-state index in [4.69, 9.17) is 0 Å². The zero-order valence-electron chi connectivity index (χ0n) is 18.7. The third kappa shape index (κ3) is 4.12. The molecule has 0 saturated carbocycles. The highest BCUT2D eigenvalue weighted by Crippen LogP contribution is 2.39. The smallest absolute Gasteiger partial charge is 0.240 e. The van der Waals surface area contributed by atoms with E-state index in [-0.39, 0.29) is 11.9 Å². The van der Waals surface area contributed by atoms with Gasteiger partial charge in [0, 0.05) is 11.3 Å². The third-order valence-electron chi connectivity index (χ3n) is 5.81. The summed E-state index contributed by atoms with van der Waals surface area (Å²) in [4.78, 5) is 13.6. The quantitative estimate of drug-likeness (QED) is 0.439. The number of amides is 1. The summed E-state index contributed by atoms with van der Waals surface area (Å²) in [7, 11) is 0. The lowest BCUT2D eigenvalue weighted by Gasteiger charge is -2.33. The van der Waals surface area contributed by atoms with Crippen LogP contribution in [-0.4, -0.2) is 26.0 Å². The van der Waals surface area contributed by atoms with Crippen molar-refractivity contribution in [2.45, 2.75) is 37.2 Å². The number of aryl methyl sites for hydroxylation is 3. The molecule has 0 spiro atoms. The standard InChI is InChI=1S/C26H25N5OS/c1-16-14-17(2)21(18(3)15-16)27-25(32)23-22(19-10-6-4-7-11-19)30-31-24(28-29-26(31)33-23)20-12-8-5-9-13-20/h4-15,22-23,30H,1-3H3,(H,27,32)/t22-,23-/m0/s1. The molecule has 0 radical (unpaired) electrons. The molecule has 7 heteroatoms. The lowest BCUT2D eigenvalue weighted by molar-refractivity contribution is -0.116. The molecule has 2 atom stereocenters. The molecule has 2 heterocycles. The minimum atomic E-state index is -0.423. The van der Waals surface area contributed by atoms with E-state index in [2.05, 4.69) is 40.0 Å². The van der Waals surface area contributed by atoms with Crippen LogP contribution in [0.25, 0.3) is 11.4 Å². The maximum absolute atomic E-state index is 13.6. The van der Waals surface area contributed by atoms with Crippen LogP contribution in [0.1, 0.15) is 28.3 Å². The summed E-state index contributed by atoms with van der Waals surface area (Å²) in [6.45, 7) is 6.12. The Morgan fingerprint density at radius 3 is 2.24 bits per heavy atom. The minimum Gasteiger partial charge on any atom is -0.325 e. The number of aromatic nitrogens is 3. The molecule has 1 aliphatic rings. The molecule has 3 aromatic carbocycles. The first kappa shape index (κ1) is 21.3. The first-order valence-corrected chi connectivity index (χ1v) is 11.8. The Morgan fingerprint density at radius 2 is 1.58 bits per heavy atom. The van der Waals surface area contributed by atoms with Crippen molar-refractivity contribution in [1.29, 1.82) is 0 Å². The first-order chi connectivity index (χ1) is 16.0. The number of benzene rings is 3. The van der Waals surface area contributed by atoms with E-state index >= 15 is 0 Å². The molecule has 4 aromatic rings. The van der Waals surface area contributed by atoms with Crippen LogP contribution >= 0.6 is 11.8 Å². The monoisotopic (exact) mass is 455 g/mol. The molecule has 0 unspecified atom stereocenters. The summed E-state index contributed by atoms with van der Waals surface area (Å²) in [5.74, 6) is 0.662. The van der Waals surface area contributed by atoms with Gasteiger partial charge in [0.1, 0.15) is 5.25 Å². The van der Waals surface area contributed by atoms with Crippen LogP contribution < -0.4 is 10.7 Å². The summed E-state index contributed by atoms with van der Waals surface area (Å²) < 4.78 is 1.89. The lowest BCUT2D eigenvalue weighted by Crippen LogP contribution is -2.41. The van der Waals surface area contributed by atoms with Crippen LogP contribution in [0.3, 0.4) is 0 Å². The van der Waals surface area contributed by atoms with Gasteiger partial charge in [0.05, 0.1) is 6.04 Å². The summed E-state index contributed by atoms with van der Waals surface area (Å²) in [5.41, 5.74) is 9.68. The van der Waals surface area contributed by atoms with Crippen molar-refractivity contribution < 1.29 is 4.79 Å². The number of carbonyl (C=O) groups is 1. The molecule has 2 N–H and O–H groups in total. The highest BCUT2D eigenvalue weighted by atomic mass is 32.2. The molecule has 0 saturated heterocycles. The van der Waals surface area contributed by atoms with Crippen molar-refractivity contribution in [3.05, 3.63) is 95.1 Å². The predicted molar refractivity (Wildman–Crippen MR) is 133 cm³/mol. The van der Waals surface area contributed by atoms with Gasteiger partial charge in [-0.15, -0.1) is 10.2 Å². The highest BCUT2D eigenvalue weighted by Gasteiger charge is 2.38. The molecule has 33 heavy (non-hydrogen) atoms. The number of carbonyl (C=O) groups excluding carboxylic acids is 1. The Kier molecular flexibility index (Phi) is 5.64. The summed E-state index contributed by atoms with van der Waals surface area (Å²) in [5, 5.41) is 12.2. The van der Waals surface area contributed by atoms with E-state index in [0.717, 1.165) is 33.8 Å². The zero-order chi connectivity index (χ0) is 22.9. The van der Waals surface area contributed by atoms with Gasteiger partial charge in [0.25, 0.3) is 0 Å². The molecule has 1 aliphatic heterocycles. The van der Waals surface area contributed by atoms with Crippen molar-refractivity contribution >= 4 is 23.4 Å². The second-order valence-corrected chi connectivity index (χ2v) is 9.44. The topological polar surface area (TPSA) is 71.8 Å². The van der Waals surface area contributed by atoms with E-state index in [0.29, 0.717) is 5.16 Å². The average Bonchev–Trinajstić information content (AvgIpc) is 3.24. The van der Waals surface area contributed by atoms with E-state index in [1.54, 1.807) is 0 Å². The second-order valence-electron chi connectivity index (χ2n) is 8.33. The molecule has 0 fully saturated rings. The molecule has 1 amide bonds. The number of thioether (sulfide) groups is 1. The van der Waals surface area contributed by atoms with Gasteiger partial charge in [-0.2, -0.15) is 0 Å². The second kappa shape index (κ2) is 8.75. The summed E-state index contributed by atoms with van der Waals surface area (Å²) in [6, 6.07) is 23.9. The average molecular weight is 456 g/mol. The minimum absolute atomic E-state index is 0.0630. The van der Waals surface area contributed by atoms with Gasteiger partial charge in [-0.3, -0.25) is 4.79 Å². The van der Waals surface area contributed by atoms with Gasteiger partial charge >= 0.3 is 0 Å². The zero-order valence-corrected chi connectivity index (χ0v) is 19.6. The Morgan fingerprint density at radius 1 is 0.939 bits per heavy atom. The Labute approximate surface area is 197 Å². The number of fused-ring (bicyclic) bond motifs is 1. The number of hydrogen-bond donors (Lipinski definition) is 2. The first-order valence-electron chi connectivity index (χ1n) is 10.9. The van der Waals surface area contributed by atoms with Crippen LogP contribution in [0.4, 0.5) is 5.69 Å². The number of anilines is 1. The molecule has 0 aliphatic carbocycles. The van der Waals surface area contributed by atoms with Crippen LogP contribution in [-0.2, 0) is 4.79 Å². The van der Waals surface area contributed by atoms with Gasteiger partial charge in [-0.05, 0) is 37.5 Å². The van der Waals surface area contributed by atoms with Gasteiger partial charge < -0.3 is 10.7 Å². The van der Waals surface area contributed by atoms with E-state index in [1.807, 2.05) is 79.2 Å². The molecular weight excluding hydrogens is 430 g/mol. The van der Waals surface area contributed by atoms with Crippen LogP contribution in [0.2, 0.25) is 0 Å². The van der Waals surface area contributed by atoms with E-state index in [1.165, 1.54) is 17.3 Å². The van der Waals surface area contributed by atoms with Crippen molar-refractivity contribution in [1.82, 2.24) is 14.9 Å².